The summed E-state index contributed by atoms with van der Waals surface area (Å²) in [6.45, 7) is 4.88. The maximum absolute atomic E-state index is 12.8. The minimum Gasteiger partial charge on any atom is -0.494 e. The Morgan fingerprint density at radius 1 is 1.27 bits per heavy atom. The fourth-order valence-electron chi connectivity index (χ4n) is 2.63. The highest BCUT2D eigenvalue weighted by Gasteiger charge is 2.22. The molecular formula is C17H24FNO3. The Hall–Kier alpha value is -1.62. The zero-order chi connectivity index (χ0) is 15.8. The number of halogens is 1. The lowest BCUT2D eigenvalue weighted by Crippen LogP contribution is -2.40. The molecule has 0 spiro atoms. The highest BCUT2D eigenvalue weighted by molar-refractivity contribution is 5.77. The van der Waals surface area contributed by atoms with Crippen LogP contribution in [0.5, 0.6) is 5.75 Å². The second-order valence-corrected chi connectivity index (χ2v) is 5.55. The topological polar surface area (TPSA) is 38.8 Å². The molecule has 4 nitrogen and oxygen atoms in total. The van der Waals surface area contributed by atoms with Crippen LogP contribution in [0.2, 0.25) is 0 Å². The number of hydrogen-bond donors (Lipinski definition) is 0. The van der Waals surface area contributed by atoms with E-state index in [2.05, 4.69) is 0 Å². The standard InChI is InChI=1S/C17H24FNO3/c1-2-21-13-17(20)19-10-7-14(8-11-19)9-12-22-16-5-3-15(18)4-6-16/h3-6,14H,2,7-13H2,1H3. The summed E-state index contributed by atoms with van der Waals surface area (Å²) in [6.07, 6.45) is 2.97. The van der Waals surface area contributed by atoms with Gasteiger partial charge in [0.1, 0.15) is 18.2 Å². The quantitative estimate of drug-likeness (QED) is 0.777. The van der Waals surface area contributed by atoms with Crippen molar-refractivity contribution >= 4 is 5.91 Å². The van der Waals surface area contributed by atoms with Gasteiger partial charge in [0, 0.05) is 19.7 Å². The average molecular weight is 309 g/mol. The summed E-state index contributed by atoms with van der Waals surface area (Å²) in [7, 11) is 0. The maximum atomic E-state index is 12.8. The zero-order valence-electron chi connectivity index (χ0n) is 13.1. The first-order valence-electron chi connectivity index (χ1n) is 7.93. The molecule has 0 aromatic heterocycles. The molecule has 1 fully saturated rings. The molecule has 0 radical (unpaired) electrons. The summed E-state index contributed by atoms with van der Waals surface area (Å²) < 4.78 is 23.6. The second-order valence-electron chi connectivity index (χ2n) is 5.55. The number of nitrogens with zero attached hydrogens (tertiary/aromatic N) is 1. The number of piperidine rings is 1. The molecule has 22 heavy (non-hydrogen) atoms. The van der Waals surface area contributed by atoms with Gasteiger partial charge in [-0.1, -0.05) is 0 Å². The van der Waals surface area contributed by atoms with Crippen LogP contribution in [-0.4, -0.2) is 43.7 Å². The first-order chi connectivity index (χ1) is 10.7. The van der Waals surface area contributed by atoms with E-state index in [0.29, 0.717) is 24.9 Å². The lowest BCUT2D eigenvalue weighted by atomic mass is 9.94. The molecule has 5 heteroatoms. The lowest BCUT2D eigenvalue weighted by molar-refractivity contribution is -0.137. The van der Waals surface area contributed by atoms with Crippen LogP contribution in [0.15, 0.2) is 24.3 Å². The fraction of sp³-hybridized carbons (Fsp3) is 0.588. The van der Waals surface area contributed by atoms with E-state index >= 15 is 0 Å². The van der Waals surface area contributed by atoms with E-state index in [4.69, 9.17) is 9.47 Å². The van der Waals surface area contributed by atoms with Crippen LogP contribution in [0.3, 0.4) is 0 Å². The van der Waals surface area contributed by atoms with Gasteiger partial charge in [0.25, 0.3) is 0 Å². The number of carbonyl (C=O) groups excluding carboxylic acids is 1. The van der Waals surface area contributed by atoms with Crippen molar-refractivity contribution in [2.24, 2.45) is 5.92 Å². The Labute approximate surface area is 131 Å². The molecule has 0 N–H and O–H groups in total. The summed E-state index contributed by atoms with van der Waals surface area (Å²) in [6, 6.07) is 6.09. The van der Waals surface area contributed by atoms with Crippen molar-refractivity contribution in [3.63, 3.8) is 0 Å². The molecular weight excluding hydrogens is 285 g/mol. The van der Waals surface area contributed by atoms with Gasteiger partial charge in [-0.25, -0.2) is 4.39 Å². The predicted molar refractivity (Wildman–Crippen MR) is 82.3 cm³/mol. The summed E-state index contributed by atoms with van der Waals surface area (Å²) >= 11 is 0. The first kappa shape index (κ1) is 16.7. The molecule has 0 saturated carbocycles. The maximum Gasteiger partial charge on any atom is 0.248 e. The smallest absolute Gasteiger partial charge is 0.248 e. The molecule has 0 aliphatic carbocycles. The third-order valence-electron chi connectivity index (χ3n) is 4.01. The normalized spacial score (nSPS) is 15.8. The average Bonchev–Trinajstić information content (AvgIpc) is 2.55. The van der Waals surface area contributed by atoms with Crippen LogP contribution in [0.1, 0.15) is 26.2 Å². The number of benzene rings is 1. The van der Waals surface area contributed by atoms with Crippen LogP contribution < -0.4 is 4.74 Å². The Morgan fingerprint density at radius 3 is 2.59 bits per heavy atom. The van der Waals surface area contributed by atoms with Gasteiger partial charge < -0.3 is 14.4 Å². The van der Waals surface area contributed by atoms with E-state index < -0.39 is 0 Å². The number of ether oxygens (including phenoxy) is 2. The monoisotopic (exact) mass is 309 g/mol. The molecule has 122 valence electrons. The highest BCUT2D eigenvalue weighted by Crippen LogP contribution is 2.21. The minimum absolute atomic E-state index is 0.0860. The third kappa shape index (κ3) is 5.30. The summed E-state index contributed by atoms with van der Waals surface area (Å²) in [5, 5.41) is 0. The predicted octanol–water partition coefficient (Wildman–Crippen LogP) is 2.87. The molecule has 2 rings (SSSR count). The van der Waals surface area contributed by atoms with Crippen LogP contribution in [0.4, 0.5) is 4.39 Å². The zero-order valence-corrected chi connectivity index (χ0v) is 13.1. The molecule has 1 saturated heterocycles. The van der Waals surface area contributed by atoms with E-state index in [1.165, 1.54) is 12.1 Å². The van der Waals surface area contributed by atoms with Gasteiger partial charge in [-0.05, 0) is 56.4 Å². The molecule has 1 aliphatic rings. The van der Waals surface area contributed by atoms with Crippen LogP contribution >= 0.6 is 0 Å². The third-order valence-corrected chi connectivity index (χ3v) is 4.01. The molecule has 1 heterocycles. The molecule has 0 atom stereocenters. The van der Waals surface area contributed by atoms with Gasteiger partial charge in [-0.15, -0.1) is 0 Å². The Kier molecular flexibility index (Phi) is 6.65. The van der Waals surface area contributed by atoms with Gasteiger partial charge in [-0.2, -0.15) is 0 Å². The number of hydrogen-bond acceptors (Lipinski definition) is 3. The summed E-state index contributed by atoms with van der Waals surface area (Å²) in [4.78, 5) is 13.7. The van der Waals surface area contributed by atoms with Gasteiger partial charge in [0.2, 0.25) is 5.91 Å². The highest BCUT2D eigenvalue weighted by atomic mass is 19.1. The molecule has 1 amide bonds. The van der Waals surface area contributed by atoms with Crippen molar-refractivity contribution < 1.29 is 18.7 Å². The van der Waals surface area contributed by atoms with Gasteiger partial charge in [-0.3, -0.25) is 4.79 Å². The van der Waals surface area contributed by atoms with E-state index in [-0.39, 0.29) is 18.3 Å². The van der Waals surface area contributed by atoms with Crippen LogP contribution in [0.25, 0.3) is 0 Å². The lowest BCUT2D eigenvalue weighted by Gasteiger charge is -2.32. The Morgan fingerprint density at radius 2 is 1.95 bits per heavy atom. The number of amides is 1. The number of carbonyl (C=O) groups is 1. The largest absolute Gasteiger partial charge is 0.494 e. The van der Waals surface area contributed by atoms with E-state index in [1.54, 1.807) is 12.1 Å². The van der Waals surface area contributed by atoms with Crippen molar-refractivity contribution in [3.05, 3.63) is 30.1 Å². The Balaban J connectivity index is 1.63. The molecule has 1 aliphatic heterocycles. The van der Waals surface area contributed by atoms with Gasteiger partial charge in [0.05, 0.1) is 6.61 Å². The fourth-order valence-corrected chi connectivity index (χ4v) is 2.63. The number of likely N-dealkylation sites (tertiary alicyclic amines) is 1. The van der Waals surface area contributed by atoms with Crippen molar-refractivity contribution in [1.82, 2.24) is 4.90 Å². The summed E-state index contributed by atoms with van der Waals surface area (Å²) in [5.74, 6) is 1.11. The van der Waals surface area contributed by atoms with Crippen molar-refractivity contribution in [2.45, 2.75) is 26.2 Å². The first-order valence-corrected chi connectivity index (χ1v) is 7.93. The molecule has 0 unspecified atom stereocenters. The van der Waals surface area contributed by atoms with Gasteiger partial charge in [0.15, 0.2) is 0 Å². The second kappa shape index (κ2) is 8.73. The van der Waals surface area contributed by atoms with E-state index in [9.17, 15) is 9.18 Å². The van der Waals surface area contributed by atoms with Crippen LogP contribution in [0, 0.1) is 11.7 Å². The molecule has 0 bridgehead atoms. The van der Waals surface area contributed by atoms with E-state index in [0.717, 1.165) is 32.4 Å². The van der Waals surface area contributed by atoms with Gasteiger partial charge >= 0.3 is 0 Å². The van der Waals surface area contributed by atoms with Crippen molar-refractivity contribution in [1.29, 1.82) is 0 Å². The molecule has 1 aromatic rings. The van der Waals surface area contributed by atoms with Crippen LogP contribution in [-0.2, 0) is 9.53 Å². The van der Waals surface area contributed by atoms with E-state index in [1.807, 2.05) is 11.8 Å². The number of rotatable bonds is 7. The minimum atomic E-state index is -0.253. The Bertz CT molecular complexity index is 455. The van der Waals surface area contributed by atoms with Crippen molar-refractivity contribution in [2.75, 3.05) is 32.9 Å². The molecule has 1 aromatic carbocycles. The summed E-state index contributed by atoms with van der Waals surface area (Å²) in [5.41, 5.74) is 0. The SMILES string of the molecule is CCOCC(=O)N1CCC(CCOc2ccc(F)cc2)CC1. The van der Waals surface area contributed by atoms with Crippen molar-refractivity contribution in [3.8, 4) is 5.75 Å².